The van der Waals surface area contributed by atoms with Gasteiger partial charge < -0.3 is 9.47 Å². The molecule has 7 heteroatoms. The molecule has 1 saturated heterocycles. The molecule has 0 N–H and O–H groups in total. The lowest BCUT2D eigenvalue weighted by Crippen LogP contribution is -2.27. The van der Waals surface area contributed by atoms with Crippen LogP contribution in [0.2, 0.25) is 0 Å². The highest BCUT2D eigenvalue weighted by Crippen LogP contribution is 2.37. The van der Waals surface area contributed by atoms with Crippen molar-refractivity contribution in [3.05, 3.63) is 27.1 Å². The number of amides is 1. The average molecular weight is 388 g/mol. The molecule has 0 bridgehead atoms. The van der Waals surface area contributed by atoms with Crippen molar-refractivity contribution in [2.45, 2.75) is 6.92 Å². The lowest BCUT2D eigenvalue weighted by molar-refractivity contribution is -0.121. The third-order valence-electron chi connectivity index (χ3n) is 2.98. The number of nitrogens with zero attached hydrogens (tertiary/aromatic N) is 1. The molecule has 0 aromatic heterocycles. The number of carbonyl (C=O) groups excluding carboxylic acids is 1. The van der Waals surface area contributed by atoms with E-state index >= 15 is 0 Å². The van der Waals surface area contributed by atoms with Crippen molar-refractivity contribution < 1.29 is 14.3 Å². The molecule has 0 unspecified atom stereocenters. The first kappa shape index (κ1) is 16.3. The van der Waals surface area contributed by atoms with Gasteiger partial charge in [-0.1, -0.05) is 24.0 Å². The number of halogens is 1. The van der Waals surface area contributed by atoms with Crippen LogP contribution in [0.5, 0.6) is 11.5 Å². The van der Waals surface area contributed by atoms with Gasteiger partial charge in [0, 0.05) is 18.2 Å². The third-order valence-corrected chi connectivity index (χ3v) is 4.98. The molecule has 1 aromatic rings. The van der Waals surface area contributed by atoms with Gasteiger partial charge in [0.15, 0.2) is 0 Å². The fourth-order valence-electron chi connectivity index (χ4n) is 1.91. The molecule has 4 nitrogen and oxygen atoms in total. The van der Waals surface area contributed by atoms with Gasteiger partial charge in [0.2, 0.25) is 0 Å². The predicted octanol–water partition coefficient (Wildman–Crippen LogP) is 3.69. The SMILES string of the molecule is CCN1C(=O)C(=Cc2cc(Br)c(OC)cc2OC)SC1=S. The molecule has 1 amide bonds. The van der Waals surface area contributed by atoms with Gasteiger partial charge in [-0.15, -0.1) is 0 Å². The minimum atomic E-state index is -0.0681. The highest BCUT2D eigenvalue weighted by Gasteiger charge is 2.30. The standard InChI is InChI=1S/C14H14BrNO3S2/c1-4-16-13(17)12(21-14(16)20)6-8-5-9(15)11(19-3)7-10(8)18-2/h5-7H,4H2,1-3H3. The van der Waals surface area contributed by atoms with Gasteiger partial charge in [0.1, 0.15) is 15.8 Å². The van der Waals surface area contributed by atoms with Gasteiger partial charge in [0.05, 0.1) is 23.6 Å². The minimum Gasteiger partial charge on any atom is -0.496 e. The average Bonchev–Trinajstić information content (AvgIpc) is 2.73. The number of hydrogen-bond donors (Lipinski definition) is 0. The maximum absolute atomic E-state index is 12.2. The normalized spacial score (nSPS) is 16.8. The molecule has 1 aliphatic heterocycles. The Morgan fingerprint density at radius 3 is 2.52 bits per heavy atom. The quantitative estimate of drug-likeness (QED) is 0.581. The van der Waals surface area contributed by atoms with Crippen molar-refractivity contribution in [3.63, 3.8) is 0 Å². The van der Waals surface area contributed by atoms with Gasteiger partial charge in [-0.2, -0.15) is 0 Å². The van der Waals surface area contributed by atoms with Crippen LogP contribution in [-0.2, 0) is 4.79 Å². The minimum absolute atomic E-state index is 0.0681. The second-order valence-corrected chi connectivity index (χ2v) is 6.68. The summed E-state index contributed by atoms with van der Waals surface area (Å²) in [7, 11) is 3.17. The Morgan fingerprint density at radius 1 is 1.33 bits per heavy atom. The number of carbonyl (C=O) groups is 1. The van der Waals surface area contributed by atoms with Crippen molar-refractivity contribution in [3.8, 4) is 11.5 Å². The summed E-state index contributed by atoms with van der Waals surface area (Å²) in [6, 6.07) is 3.63. The molecular weight excluding hydrogens is 374 g/mol. The van der Waals surface area contributed by atoms with Crippen LogP contribution in [0.1, 0.15) is 12.5 Å². The zero-order valence-corrected chi connectivity index (χ0v) is 15.0. The number of methoxy groups -OCH3 is 2. The molecule has 0 saturated carbocycles. The van der Waals surface area contributed by atoms with Crippen LogP contribution in [0.25, 0.3) is 6.08 Å². The topological polar surface area (TPSA) is 38.8 Å². The largest absolute Gasteiger partial charge is 0.496 e. The lowest BCUT2D eigenvalue weighted by Gasteiger charge is -2.11. The number of rotatable bonds is 4. The van der Waals surface area contributed by atoms with Gasteiger partial charge >= 0.3 is 0 Å². The fraction of sp³-hybridized carbons (Fsp3) is 0.286. The van der Waals surface area contributed by atoms with E-state index in [1.165, 1.54) is 11.8 Å². The predicted molar refractivity (Wildman–Crippen MR) is 92.8 cm³/mol. The molecule has 0 radical (unpaired) electrons. The van der Waals surface area contributed by atoms with E-state index in [2.05, 4.69) is 15.9 Å². The number of ether oxygens (including phenoxy) is 2. The number of hydrogen-bond acceptors (Lipinski definition) is 5. The molecule has 0 atom stereocenters. The number of thiocarbonyl (C=S) groups is 1. The smallest absolute Gasteiger partial charge is 0.266 e. The zero-order chi connectivity index (χ0) is 15.6. The molecule has 112 valence electrons. The summed E-state index contributed by atoms with van der Waals surface area (Å²) >= 11 is 9.94. The molecule has 0 aliphatic carbocycles. The fourth-order valence-corrected chi connectivity index (χ4v) is 3.81. The van der Waals surface area contributed by atoms with Gasteiger partial charge in [-0.25, -0.2) is 0 Å². The molecule has 1 fully saturated rings. The Labute approximate surface area is 141 Å². The van der Waals surface area contributed by atoms with Gasteiger partial charge in [-0.3, -0.25) is 9.69 Å². The zero-order valence-electron chi connectivity index (χ0n) is 11.8. The van der Waals surface area contributed by atoms with Crippen LogP contribution < -0.4 is 9.47 Å². The molecule has 1 aromatic carbocycles. The molecule has 21 heavy (non-hydrogen) atoms. The van der Waals surface area contributed by atoms with Gasteiger partial charge in [-0.05, 0) is 35.0 Å². The summed E-state index contributed by atoms with van der Waals surface area (Å²) in [6.45, 7) is 2.48. The second kappa shape index (κ2) is 6.81. The summed E-state index contributed by atoms with van der Waals surface area (Å²) in [5.41, 5.74) is 0.793. The summed E-state index contributed by atoms with van der Waals surface area (Å²) in [5, 5.41) is 0. The highest BCUT2D eigenvalue weighted by atomic mass is 79.9. The van der Waals surface area contributed by atoms with Crippen LogP contribution in [0.4, 0.5) is 0 Å². The Kier molecular flexibility index (Phi) is 5.29. The van der Waals surface area contributed by atoms with Crippen LogP contribution >= 0.6 is 39.9 Å². The van der Waals surface area contributed by atoms with E-state index < -0.39 is 0 Å². The molecule has 1 heterocycles. The van der Waals surface area contributed by atoms with Crippen LogP contribution in [0, 0.1) is 0 Å². The van der Waals surface area contributed by atoms with Crippen LogP contribution in [0.15, 0.2) is 21.5 Å². The molecule has 2 rings (SSSR count). The van der Waals surface area contributed by atoms with Crippen molar-refractivity contribution >= 4 is 56.2 Å². The third kappa shape index (κ3) is 3.25. The van der Waals surface area contributed by atoms with Crippen LogP contribution in [0.3, 0.4) is 0 Å². The Balaban J connectivity index is 2.44. The van der Waals surface area contributed by atoms with Crippen molar-refractivity contribution in [2.75, 3.05) is 20.8 Å². The van der Waals surface area contributed by atoms with E-state index in [9.17, 15) is 4.79 Å². The van der Waals surface area contributed by atoms with E-state index in [0.29, 0.717) is 27.3 Å². The van der Waals surface area contributed by atoms with Gasteiger partial charge in [0.25, 0.3) is 5.91 Å². The number of likely N-dealkylation sites (N-methyl/N-ethyl adjacent to an activating group) is 1. The maximum atomic E-state index is 12.2. The van der Waals surface area contributed by atoms with Crippen LogP contribution in [-0.4, -0.2) is 35.9 Å². The van der Waals surface area contributed by atoms with Crippen molar-refractivity contribution in [1.29, 1.82) is 0 Å². The number of benzene rings is 1. The highest BCUT2D eigenvalue weighted by molar-refractivity contribution is 9.10. The summed E-state index contributed by atoms with van der Waals surface area (Å²) in [6.07, 6.45) is 1.79. The maximum Gasteiger partial charge on any atom is 0.266 e. The lowest BCUT2D eigenvalue weighted by atomic mass is 10.1. The van der Waals surface area contributed by atoms with E-state index in [1.807, 2.05) is 13.0 Å². The molecule has 1 aliphatic rings. The number of thioether (sulfide) groups is 1. The van der Waals surface area contributed by atoms with Crippen molar-refractivity contribution in [2.24, 2.45) is 0 Å². The summed E-state index contributed by atoms with van der Waals surface area (Å²) in [4.78, 5) is 14.4. The Morgan fingerprint density at radius 2 is 2.00 bits per heavy atom. The van der Waals surface area contributed by atoms with E-state index in [0.717, 1.165) is 10.0 Å². The summed E-state index contributed by atoms with van der Waals surface area (Å²) < 4.78 is 12.0. The second-order valence-electron chi connectivity index (χ2n) is 4.15. The Bertz CT molecular complexity index is 631. The monoisotopic (exact) mass is 387 g/mol. The first-order valence-electron chi connectivity index (χ1n) is 6.18. The summed E-state index contributed by atoms with van der Waals surface area (Å²) in [5.74, 6) is 1.24. The first-order valence-corrected chi connectivity index (χ1v) is 8.20. The van der Waals surface area contributed by atoms with E-state index in [4.69, 9.17) is 21.7 Å². The molecular formula is C14H14BrNO3S2. The first-order chi connectivity index (χ1) is 10.0. The molecule has 0 spiro atoms. The van der Waals surface area contributed by atoms with E-state index in [1.54, 1.807) is 31.3 Å². The van der Waals surface area contributed by atoms with Crippen molar-refractivity contribution in [1.82, 2.24) is 4.90 Å². The van der Waals surface area contributed by atoms with E-state index in [-0.39, 0.29) is 5.91 Å². The Hall–Kier alpha value is -1.05.